The van der Waals surface area contributed by atoms with Gasteiger partial charge in [0.05, 0.1) is 10.8 Å². The number of carbonyl (C=O) groups is 1. The summed E-state index contributed by atoms with van der Waals surface area (Å²) < 4.78 is 32.8. The van der Waals surface area contributed by atoms with E-state index in [1.807, 2.05) is 6.07 Å². The minimum absolute atomic E-state index is 0.0565. The van der Waals surface area contributed by atoms with Crippen LogP contribution in [0.3, 0.4) is 0 Å². The smallest absolute Gasteiger partial charge is 0.308 e. The van der Waals surface area contributed by atoms with Crippen molar-refractivity contribution in [2.75, 3.05) is 19.8 Å². The van der Waals surface area contributed by atoms with Crippen molar-refractivity contribution in [3.05, 3.63) is 29.3 Å². The fraction of sp³-hybridized carbons (Fsp3) is 0.588. The Hall–Kier alpha value is -1.44. The van der Waals surface area contributed by atoms with Gasteiger partial charge in [0.25, 0.3) is 0 Å². The monoisotopic (exact) mass is 353 g/mol. The van der Waals surface area contributed by atoms with E-state index in [4.69, 9.17) is 4.74 Å². The summed E-state index contributed by atoms with van der Waals surface area (Å²) in [5.41, 5.74) is 2.29. The Morgan fingerprint density at radius 1 is 1.25 bits per heavy atom. The Bertz CT molecular complexity index is 710. The number of ether oxygens (including phenoxy) is 1. The minimum atomic E-state index is -3.69. The standard InChI is InChI=1S/C17H23NO5S/c19-17(20)16(13-6-8-23-9-7-13)11-18-24(21,22)15-5-4-12-2-1-3-14(12)10-15/h4-5,10,13,16,18H,1-3,6-9,11H2,(H,19,20). The number of nitrogens with one attached hydrogen (secondary N) is 1. The van der Waals surface area contributed by atoms with Crippen molar-refractivity contribution in [2.24, 2.45) is 11.8 Å². The highest BCUT2D eigenvalue weighted by Crippen LogP contribution is 2.26. The number of carboxylic acid groups (broad SMARTS) is 1. The van der Waals surface area contributed by atoms with Crippen LogP contribution in [0, 0.1) is 11.8 Å². The van der Waals surface area contributed by atoms with E-state index in [1.54, 1.807) is 12.1 Å². The van der Waals surface area contributed by atoms with Gasteiger partial charge in [0.15, 0.2) is 0 Å². The molecule has 0 aromatic heterocycles. The van der Waals surface area contributed by atoms with Crippen LogP contribution in [0.4, 0.5) is 0 Å². The van der Waals surface area contributed by atoms with Gasteiger partial charge >= 0.3 is 5.97 Å². The first-order valence-corrected chi connectivity index (χ1v) is 9.88. The number of carboxylic acids is 1. The molecule has 132 valence electrons. The van der Waals surface area contributed by atoms with Crippen LogP contribution in [-0.2, 0) is 32.4 Å². The first-order valence-electron chi connectivity index (χ1n) is 8.39. The number of hydrogen-bond donors (Lipinski definition) is 2. The summed E-state index contributed by atoms with van der Waals surface area (Å²) in [6, 6.07) is 5.19. The van der Waals surface area contributed by atoms with E-state index in [2.05, 4.69) is 4.72 Å². The topological polar surface area (TPSA) is 92.7 Å². The summed E-state index contributed by atoms with van der Waals surface area (Å²) in [5, 5.41) is 9.44. The van der Waals surface area contributed by atoms with Crippen molar-refractivity contribution in [3.8, 4) is 0 Å². The van der Waals surface area contributed by atoms with Gasteiger partial charge < -0.3 is 9.84 Å². The number of sulfonamides is 1. The number of hydrogen-bond acceptors (Lipinski definition) is 4. The van der Waals surface area contributed by atoms with Gasteiger partial charge in [0.2, 0.25) is 10.0 Å². The van der Waals surface area contributed by atoms with Crippen LogP contribution in [-0.4, -0.2) is 39.3 Å². The highest BCUT2D eigenvalue weighted by atomic mass is 32.2. The molecule has 1 heterocycles. The van der Waals surface area contributed by atoms with Crippen LogP contribution in [0.5, 0.6) is 0 Å². The van der Waals surface area contributed by atoms with Gasteiger partial charge in [-0.2, -0.15) is 0 Å². The molecular weight excluding hydrogens is 330 g/mol. The number of aliphatic carboxylic acids is 1. The van der Waals surface area contributed by atoms with Crippen LogP contribution in [0.25, 0.3) is 0 Å². The molecule has 1 aromatic carbocycles. The molecule has 3 rings (SSSR count). The van der Waals surface area contributed by atoms with Gasteiger partial charge in [-0.1, -0.05) is 6.07 Å². The van der Waals surface area contributed by atoms with Gasteiger partial charge in [0.1, 0.15) is 0 Å². The summed E-state index contributed by atoms with van der Waals surface area (Å²) in [4.78, 5) is 11.8. The summed E-state index contributed by atoms with van der Waals surface area (Å²) in [5.74, 6) is -1.74. The van der Waals surface area contributed by atoms with E-state index >= 15 is 0 Å². The maximum atomic E-state index is 12.5. The molecule has 1 atom stereocenters. The lowest BCUT2D eigenvalue weighted by atomic mass is 9.86. The first kappa shape index (κ1) is 17.4. The van der Waals surface area contributed by atoms with Gasteiger partial charge in [0, 0.05) is 19.8 Å². The molecule has 1 unspecified atom stereocenters. The molecule has 2 aliphatic rings. The van der Waals surface area contributed by atoms with Crippen LogP contribution in [0.1, 0.15) is 30.4 Å². The number of rotatable bonds is 6. The third-order valence-electron chi connectivity index (χ3n) is 5.03. The van der Waals surface area contributed by atoms with Crippen LogP contribution < -0.4 is 4.72 Å². The van der Waals surface area contributed by atoms with E-state index < -0.39 is 21.9 Å². The second-order valence-electron chi connectivity index (χ2n) is 6.53. The molecule has 24 heavy (non-hydrogen) atoms. The van der Waals surface area contributed by atoms with Crippen molar-refractivity contribution in [1.82, 2.24) is 4.72 Å². The zero-order chi connectivity index (χ0) is 17.2. The van der Waals surface area contributed by atoms with E-state index in [9.17, 15) is 18.3 Å². The summed E-state index contributed by atoms with van der Waals surface area (Å²) >= 11 is 0. The van der Waals surface area contributed by atoms with Gasteiger partial charge in [-0.15, -0.1) is 0 Å². The van der Waals surface area contributed by atoms with Crippen molar-refractivity contribution in [1.29, 1.82) is 0 Å². The van der Waals surface area contributed by atoms with E-state index in [-0.39, 0.29) is 17.4 Å². The first-order chi connectivity index (χ1) is 11.5. The SMILES string of the molecule is O=C(O)C(CNS(=O)(=O)c1ccc2c(c1)CCC2)C1CCOCC1. The fourth-order valence-corrected chi connectivity index (χ4v) is 4.68. The lowest BCUT2D eigenvalue weighted by Gasteiger charge is -2.27. The Morgan fingerprint density at radius 2 is 1.96 bits per heavy atom. The average Bonchev–Trinajstić information content (AvgIpc) is 3.03. The summed E-state index contributed by atoms with van der Waals surface area (Å²) in [6.07, 6.45) is 4.25. The Balaban J connectivity index is 1.70. The van der Waals surface area contributed by atoms with Crippen LogP contribution >= 0.6 is 0 Å². The molecule has 6 nitrogen and oxygen atoms in total. The van der Waals surface area contributed by atoms with Crippen molar-refractivity contribution in [2.45, 2.75) is 37.0 Å². The molecule has 2 N–H and O–H groups in total. The highest BCUT2D eigenvalue weighted by molar-refractivity contribution is 7.89. The third kappa shape index (κ3) is 3.79. The molecule has 0 saturated carbocycles. The number of fused-ring (bicyclic) bond motifs is 1. The molecule has 1 aliphatic heterocycles. The Morgan fingerprint density at radius 3 is 2.67 bits per heavy atom. The average molecular weight is 353 g/mol. The predicted octanol–water partition coefficient (Wildman–Crippen LogP) is 1.58. The maximum Gasteiger partial charge on any atom is 0.308 e. The predicted molar refractivity (Wildman–Crippen MR) is 88.3 cm³/mol. The van der Waals surface area contributed by atoms with Crippen LogP contribution in [0.2, 0.25) is 0 Å². The molecule has 1 saturated heterocycles. The molecule has 1 aromatic rings. The highest BCUT2D eigenvalue weighted by Gasteiger charge is 2.31. The maximum absolute atomic E-state index is 12.5. The molecule has 0 radical (unpaired) electrons. The summed E-state index contributed by atoms with van der Waals surface area (Å²) in [7, 11) is -3.69. The summed E-state index contributed by atoms with van der Waals surface area (Å²) in [6.45, 7) is 0.984. The van der Waals surface area contributed by atoms with Crippen LogP contribution in [0.15, 0.2) is 23.1 Å². The largest absolute Gasteiger partial charge is 0.481 e. The fourth-order valence-electron chi connectivity index (χ4n) is 3.57. The second-order valence-corrected chi connectivity index (χ2v) is 8.30. The third-order valence-corrected chi connectivity index (χ3v) is 6.45. The van der Waals surface area contributed by atoms with Crippen molar-refractivity contribution < 1.29 is 23.1 Å². The van der Waals surface area contributed by atoms with Crippen molar-refractivity contribution >= 4 is 16.0 Å². The molecule has 1 fully saturated rings. The molecule has 0 spiro atoms. The van der Waals surface area contributed by atoms with Gasteiger partial charge in [-0.3, -0.25) is 4.79 Å². The number of aryl methyl sites for hydroxylation is 2. The van der Waals surface area contributed by atoms with E-state index in [1.165, 1.54) is 5.56 Å². The zero-order valence-electron chi connectivity index (χ0n) is 13.5. The molecule has 0 bridgehead atoms. The van der Waals surface area contributed by atoms with Gasteiger partial charge in [-0.25, -0.2) is 13.1 Å². The quantitative estimate of drug-likeness (QED) is 0.810. The minimum Gasteiger partial charge on any atom is -0.481 e. The Labute approximate surface area is 142 Å². The van der Waals surface area contributed by atoms with Crippen molar-refractivity contribution in [3.63, 3.8) is 0 Å². The zero-order valence-corrected chi connectivity index (χ0v) is 14.3. The van der Waals surface area contributed by atoms with E-state index in [0.717, 1.165) is 24.8 Å². The molecule has 7 heteroatoms. The lowest BCUT2D eigenvalue weighted by Crippen LogP contribution is -2.38. The van der Waals surface area contributed by atoms with Gasteiger partial charge in [-0.05, 0) is 61.3 Å². The molecular formula is C17H23NO5S. The second kappa shape index (κ2) is 7.21. The lowest BCUT2D eigenvalue weighted by molar-refractivity contribution is -0.144. The molecule has 0 amide bonds. The Kier molecular flexibility index (Phi) is 5.22. The number of benzene rings is 1. The molecule has 1 aliphatic carbocycles. The normalized spacial score (nSPS) is 19.8. The van der Waals surface area contributed by atoms with E-state index in [0.29, 0.717) is 26.1 Å².